The van der Waals surface area contributed by atoms with Gasteiger partial charge in [-0.1, -0.05) is 48.5 Å². The van der Waals surface area contributed by atoms with Crippen molar-refractivity contribution in [1.29, 1.82) is 0 Å². The van der Waals surface area contributed by atoms with Gasteiger partial charge >= 0.3 is 16.8 Å². The minimum Gasteiger partial charge on any atom is -0.872 e. The van der Waals surface area contributed by atoms with E-state index in [9.17, 15) is 10.2 Å². The maximum absolute atomic E-state index is 11.4. The van der Waals surface area contributed by atoms with Gasteiger partial charge in [0.2, 0.25) is 0 Å². The summed E-state index contributed by atoms with van der Waals surface area (Å²) in [5.74, 6) is -0.0833. The standard InChI is InChI=1S/C16H16N2O2.Co.H2O/c19-15-7-3-1-5-13(15)11-17-9-10-18-12-14-6-2-4-8-16(14)20;;/h1-8,11-12,19-20H,9-10H2;;1H2/q;+2;/p-2. The summed E-state index contributed by atoms with van der Waals surface area (Å²) >= 11 is 0. The molecule has 0 saturated carbocycles. The molecular weight excluding hydrogens is 327 g/mol. The Morgan fingerprint density at radius 1 is 0.727 bits per heavy atom. The summed E-state index contributed by atoms with van der Waals surface area (Å²) < 4.78 is 0. The third kappa shape index (κ3) is 6.09. The van der Waals surface area contributed by atoms with Crippen LogP contribution in [0.2, 0.25) is 0 Å². The van der Waals surface area contributed by atoms with Crippen LogP contribution in [0.1, 0.15) is 11.1 Å². The Bertz CT molecular complexity index is 575. The Labute approximate surface area is 139 Å². The van der Waals surface area contributed by atoms with Crippen molar-refractivity contribution < 1.29 is 32.5 Å². The van der Waals surface area contributed by atoms with Crippen molar-refractivity contribution in [2.45, 2.75) is 0 Å². The van der Waals surface area contributed by atoms with Crippen LogP contribution in [0, 0.1) is 0 Å². The van der Waals surface area contributed by atoms with Gasteiger partial charge in [0.15, 0.2) is 0 Å². The van der Waals surface area contributed by atoms with Crippen LogP contribution in [0.15, 0.2) is 58.5 Å². The largest absolute Gasteiger partial charge is 2.00 e. The fourth-order valence-corrected chi connectivity index (χ4v) is 1.62. The summed E-state index contributed by atoms with van der Waals surface area (Å²) in [7, 11) is 0. The molecule has 2 rings (SSSR count). The van der Waals surface area contributed by atoms with Gasteiger partial charge in [-0.15, -0.1) is 11.5 Å². The van der Waals surface area contributed by atoms with Crippen molar-refractivity contribution in [3.63, 3.8) is 0 Å². The number of nitrogens with zero attached hydrogens (tertiary/aromatic N) is 2. The Balaban J connectivity index is 0.00000220. The van der Waals surface area contributed by atoms with Gasteiger partial charge in [0.25, 0.3) is 0 Å². The second kappa shape index (κ2) is 10.6. The molecule has 117 valence electrons. The number of para-hydroxylation sites is 2. The number of hydrogen-bond acceptors (Lipinski definition) is 4. The quantitative estimate of drug-likeness (QED) is 0.584. The van der Waals surface area contributed by atoms with Gasteiger partial charge in [-0.2, -0.15) is 0 Å². The second-order valence-corrected chi connectivity index (χ2v) is 4.15. The average molecular weight is 343 g/mol. The smallest absolute Gasteiger partial charge is 0.872 e. The predicted octanol–water partition coefficient (Wildman–Crippen LogP) is 0.545. The first-order valence-corrected chi connectivity index (χ1v) is 6.29. The third-order valence-electron chi connectivity index (χ3n) is 2.66. The molecule has 0 aliphatic heterocycles. The third-order valence-corrected chi connectivity index (χ3v) is 2.66. The van der Waals surface area contributed by atoms with E-state index in [-0.39, 0.29) is 33.8 Å². The predicted molar refractivity (Wildman–Crippen MR) is 80.3 cm³/mol. The van der Waals surface area contributed by atoms with Crippen molar-refractivity contribution in [3.05, 3.63) is 59.7 Å². The molecule has 0 saturated heterocycles. The van der Waals surface area contributed by atoms with Crippen LogP contribution in [0.25, 0.3) is 0 Å². The molecule has 0 aliphatic rings. The van der Waals surface area contributed by atoms with E-state index in [0.29, 0.717) is 24.2 Å². The van der Waals surface area contributed by atoms with Crippen molar-refractivity contribution in [2.24, 2.45) is 9.98 Å². The molecule has 2 N–H and O–H groups in total. The first-order chi connectivity index (χ1) is 9.77. The molecule has 6 heteroatoms. The van der Waals surface area contributed by atoms with Crippen LogP contribution in [-0.4, -0.2) is 31.0 Å². The fourth-order valence-electron chi connectivity index (χ4n) is 1.62. The first kappa shape index (κ1) is 19.8. The summed E-state index contributed by atoms with van der Waals surface area (Å²) in [6.07, 6.45) is 3.11. The SMILES string of the molecule is O.[Co+2].[O-]c1ccccc1C=NCCN=Cc1ccccc1[O-]. The van der Waals surface area contributed by atoms with Crippen LogP contribution in [0.5, 0.6) is 11.5 Å². The van der Waals surface area contributed by atoms with Gasteiger partial charge in [-0.3, -0.25) is 9.98 Å². The normalized spacial score (nSPS) is 10.4. The van der Waals surface area contributed by atoms with Crippen LogP contribution in [0.4, 0.5) is 0 Å². The Morgan fingerprint density at radius 2 is 1.09 bits per heavy atom. The molecule has 0 aliphatic carbocycles. The van der Waals surface area contributed by atoms with Gasteiger partial charge < -0.3 is 15.7 Å². The molecule has 2 aromatic carbocycles. The maximum Gasteiger partial charge on any atom is 2.00 e. The summed E-state index contributed by atoms with van der Waals surface area (Å²) in [5.41, 5.74) is 1.14. The zero-order valence-electron chi connectivity index (χ0n) is 11.7. The summed E-state index contributed by atoms with van der Waals surface area (Å²) in [6.45, 7) is 0.956. The van der Waals surface area contributed by atoms with Gasteiger partial charge in [0, 0.05) is 12.4 Å². The molecule has 0 amide bonds. The van der Waals surface area contributed by atoms with Gasteiger partial charge in [-0.05, 0) is 11.1 Å². The first-order valence-electron chi connectivity index (χ1n) is 6.29. The van der Waals surface area contributed by atoms with E-state index >= 15 is 0 Å². The number of aliphatic imine (C=N–C) groups is 2. The molecule has 5 nitrogen and oxygen atoms in total. The van der Waals surface area contributed by atoms with Gasteiger partial charge in [0.05, 0.1) is 13.1 Å². The van der Waals surface area contributed by atoms with Crippen molar-refractivity contribution in [2.75, 3.05) is 13.1 Å². The van der Waals surface area contributed by atoms with Crippen LogP contribution in [0.3, 0.4) is 0 Å². The monoisotopic (exact) mass is 343 g/mol. The van der Waals surface area contributed by atoms with E-state index in [1.165, 1.54) is 12.1 Å². The van der Waals surface area contributed by atoms with Crippen LogP contribution < -0.4 is 10.2 Å². The van der Waals surface area contributed by atoms with E-state index in [4.69, 9.17) is 0 Å². The van der Waals surface area contributed by atoms with E-state index in [1.54, 1.807) is 48.8 Å². The molecule has 0 bridgehead atoms. The summed E-state index contributed by atoms with van der Waals surface area (Å²) in [4.78, 5) is 8.28. The molecule has 0 atom stereocenters. The van der Waals surface area contributed by atoms with Crippen LogP contribution >= 0.6 is 0 Å². The molecule has 0 fully saturated rings. The Kier molecular flexibility index (Phi) is 9.52. The topological polar surface area (TPSA) is 102 Å². The average Bonchev–Trinajstić information content (AvgIpc) is 2.46. The van der Waals surface area contributed by atoms with Crippen molar-refractivity contribution >= 4 is 12.4 Å². The fraction of sp³-hybridized carbons (Fsp3) is 0.125. The molecular formula is C16H16CoN2O3. The van der Waals surface area contributed by atoms with E-state index in [0.717, 1.165) is 0 Å². The van der Waals surface area contributed by atoms with E-state index < -0.39 is 0 Å². The minimum atomic E-state index is -0.0416. The molecule has 0 unspecified atom stereocenters. The van der Waals surface area contributed by atoms with E-state index in [1.807, 2.05) is 0 Å². The zero-order valence-corrected chi connectivity index (χ0v) is 12.8. The molecule has 0 aromatic heterocycles. The Morgan fingerprint density at radius 3 is 1.45 bits per heavy atom. The Hall–Kier alpha value is -2.15. The molecule has 1 radical (unpaired) electrons. The van der Waals surface area contributed by atoms with E-state index in [2.05, 4.69) is 9.98 Å². The van der Waals surface area contributed by atoms with Gasteiger partial charge in [-0.25, -0.2) is 0 Å². The van der Waals surface area contributed by atoms with Crippen LogP contribution in [-0.2, 0) is 16.8 Å². The molecule has 22 heavy (non-hydrogen) atoms. The maximum atomic E-state index is 11.4. The molecule has 2 aromatic rings. The zero-order chi connectivity index (χ0) is 14.2. The van der Waals surface area contributed by atoms with Gasteiger partial charge in [0.1, 0.15) is 0 Å². The summed E-state index contributed by atoms with van der Waals surface area (Å²) in [6, 6.07) is 13.5. The summed E-state index contributed by atoms with van der Waals surface area (Å²) in [5, 5.41) is 22.8. The minimum absolute atomic E-state index is 0. The number of rotatable bonds is 5. The van der Waals surface area contributed by atoms with Crippen molar-refractivity contribution in [1.82, 2.24) is 0 Å². The number of hydrogen-bond donors (Lipinski definition) is 0. The molecule has 0 spiro atoms. The second-order valence-electron chi connectivity index (χ2n) is 4.15. The molecule has 0 heterocycles. The van der Waals surface area contributed by atoms with Crippen molar-refractivity contribution in [3.8, 4) is 11.5 Å². The number of benzene rings is 2.